The van der Waals surface area contributed by atoms with Crippen molar-refractivity contribution in [1.82, 2.24) is 4.57 Å². The number of hydrogen-bond donors (Lipinski definition) is 1. The van der Waals surface area contributed by atoms with Crippen LogP contribution in [0.3, 0.4) is 0 Å². The van der Waals surface area contributed by atoms with Crippen molar-refractivity contribution in [3.63, 3.8) is 0 Å². The van der Waals surface area contributed by atoms with Crippen molar-refractivity contribution in [2.75, 3.05) is 0 Å². The molecule has 2 N–H and O–H groups in total. The summed E-state index contributed by atoms with van der Waals surface area (Å²) in [5.74, 6) is -0.488. The van der Waals surface area contributed by atoms with Crippen molar-refractivity contribution in [2.24, 2.45) is 5.73 Å². The highest BCUT2D eigenvalue weighted by Gasteiger charge is 2.09. The Morgan fingerprint density at radius 3 is 2.57 bits per heavy atom. The number of rotatable bonds is 6. The Bertz CT molecular complexity index is 821. The minimum absolute atomic E-state index is 0.224. The fourth-order valence-corrected chi connectivity index (χ4v) is 2.89. The average Bonchev–Trinajstić information content (AvgIpc) is 2.88. The molecule has 3 rings (SSSR count). The zero-order valence-corrected chi connectivity index (χ0v) is 12.8. The largest absolute Gasteiger partial charge is 0.370 e. The summed E-state index contributed by atoms with van der Waals surface area (Å²) in [6, 6.07) is 14.8. The number of carbonyl (C=O) groups excluding carboxylic acids is 1. The molecule has 0 atom stereocenters. The molecule has 0 saturated carbocycles. The molecule has 3 aromatic rings. The Morgan fingerprint density at radius 2 is 1.83 bits per heavy atom. The zero-order valence-electron chi connectivity index (χ0n) is 12.8. The van der Waals surface area contributed by atoms with Gasteiger partial charge in [-0.1, -0.05) is 30.3 Å². The van der Waals surface area contributed by atoms with Crippen LogP contribution in [0.5, 0.6) is 0 Å². The minimum atomic E-state index is -0.264. The summed E-state index contributed by atoms with van der Waals surface area (Å²) in [5, 5.41) is 1.19. The number of carbonyl (C=O) groups is 1. The summed E-state index contributed by atoms with van der Waals surface area (Å²) in [7, 11) is 0. The summed E-state index contributed by atoms with van der Waals surface area (Å²) >= 11 is 0. The summed E-state index contributed by atoms with van der Waals surface area (Å²) in [5.41, 5.74) is 8.62. The maximum absolute atomic E-state index is 13.0. The minimum Gasteiger partial charge on any atom is -0.370 e. The number of hydrogen-bond acceptors (Lipinski definition) is 1. The molecule has 0 aliphatic heterocycles. The Hall–Kier alpha value is -2.62. The molecule has 0 aliphatic carbocycles. The first-order valence-electron chi connectivity index (χ1n) is 7.73. The highest BCUT2D eigenvalue weighted by Crippen LogP contribution is 2.24. The maximum Gasteiger partial charge on any atom is 0.217 e. The lowest BCUT2D eigenvalue weighted by atomic mass is 10.1. The monoisotopic (exact) mass is 310 g/mol. The molecule has 0 bridgehead atoms. The number of amides is 1. The normalized spacial score (nSPS) is 11.0. The molecule has 0 saturated heterocycles. The third-order valence-corrected chi connectivity index (χ3v) is 4.01. The van der Waals surface area contributed by atoms with Crippen LogP contribution in [0.2, 0.25) is 0 Å². The lowest BCUT2D eigenvalue weighted by molar-refractivity contribution is -0.118. The third kappa shape index (κ3) is 3.59. The second-order valence-corrected chi connectivity index (χ2v) is 5.75. The molecule has 23 heavy (non-hydrogen) atoms. The van der Waals surface area contributed by atoms with E-state index in [0.29, 0.717) is 13.0 Å². The molecule has 1 heterocycles. The van der Waals surface area contributed by atoms with Crippen LogP contribution in [-0.4, -0.2) is 10.5 Å². The number of benzene rings is 2. The number of primary amides is 1. The van der Waals surface area contributed by atoms with E-state index in [9.17, 15) is 9.18 Å². The Kier molecular flexibility index (Phi) is 4.42. The predicted octanol–water partition coefficient (Wildman–Crippen LogP) is 3.64. The number of aromatic nitrogens is 1. The maximum atomic E-state index is 13.0. The van der Waals surface area contributed by atoms with Gasteiger partial charge in [0.25, 0.3) is 0 Å². The molecule has 0 spiro atoms. The topological polar surface area (TPSA) is 48.0 Å². The van der Waals surface area contributed by atoms with Crippen molar-refractivity contribution in [2.45, 2.75) is 25.8 Å². The van der Waals surface area contributed by atoms with Crippen LogP contribution in [0.1, 0.15) is 24.0 Å². The van der Waals surface area contributed by atoms with Gasteiger partial charge < -0.3 is 10.3 Å². The lowest BCUT2D eigenvalue weighted by Crippen LogP contribution is -2.10. The molecule has 0 unspecified atom stereocenters. The number of para-hydroxylation sites is 1. The standard InChI is InChI=1S/C19H19FN2O/c20-16-10-8-14(9-11-16)12-22-13-15(4-3-7-19(21)23)17-5-1-2-6-18(17)22/h1-2,5-6,8-11,13H,3-4,7,12H2,(H2,21,23). The molecule has 0 radical (unpaired) electrons. The Balaban J connectivity index is 1.87. The SMILES string of the molecule is NC(=O)CCCc1cn(Cc2ccc(F)cc2)c2ccccc12. The van der Waals surface area contributed by atoms with Crippen molar-refractivity contribution in [1.29, 1.82) is 0 Å². The van der Waals surface area contributed by atoms with Gasteiger partial charge in [0.2, 0.25) is 5.91 Å². The first kappa shape index (κ1) is 15.3. The summed E-state index contributed by atoms with van der Waals surface area (Å²) in [4.78, 5) is 10.9. The van der Waals surface area contributed by atoms with Gasteiger partial charge in [-0.25, -0.2) is 4.39 Å². The van der Waals surface area contributed by atoms with Gasteiger partial charge in [0.05, 0.1) is 0 Å². The van der Waals surface area contributed by atoms with Gasteiger partial charge in [-0.05, 0) is 42.2 Å². The molecule has 3 nitrogen and oxygen atoms in total. The van der Waals surface area contributed by atoms with Crippen molar-refractivity contribution in [3.8, 4) is 0 Å². The van der Waals surface area contributed by atoms with Crippen LogP contribution < -0.4 is 5.73 Å². The van der Waals surface area contributed by atoms with Crippen LogP contribution in [0.25, 0.3) is 10.9 Å². The Morgan fingerprint density at radius 1 is 1.09 bits per heavy atom. The highest BCUT2D eigenvalue weighted by atomic mass is 19.1. The second kappa shape index (κ2) is 6.65. The molecule has 0 aliphatic rings. The van der Waals surface area contributed by atoms with Gasteiger partial charge in [0, 0.05) is 30.1 Å². The van der Waals surface area contributed by atoms with E-state index in [1.54, 1.807) is 12.1 Å². The molecular weight excluding hydrogens is 291 g/mol. The predicted molar refractivity (Wildman–Crippen MR) is 89.6 cm³/mol. The van der Waals surface area contributed by atoms with Crippen molar-refractivity contribution < 1.29 is 9.18 Å². The summed E-state index contributed by atoms with van der Waals surface area (Å²) < 4.78 is 15.2. The lowest BCUT2D eigenvalue weighted by Gasteiger charge is -2.05. The Labute approximate surface area is 134 Å². The molecular formula is C19H19FN2O. The molecule has 1 aromatic heterocycles. The smallest absolute Gasteiger partial charge is 0.217 e. The van der Waals surface area contributed by atoms with E-state index in [4.69, 9.17) is 5.73 Å². The average molecular weight is 310 g/mol. The first-order valence-corrected chi connectivity index (χ1v) is 7.73. The highest BCUT2D eigenvalue weighted by molar-refractivity contribution is 5.84. The van der Waals surface area contributed by atoms with Gasteiger partial charge in [0.15, 0.2) is 0 Å². The summed E-state index contributed by atoms with van der Waals surface area (Å²) in [6.45, 7) is 0.691. The first-order chi connectivity index (χ1) is 11.1. The van der Waals surface area contributed by atoms with Crippen molar-refractivity contribution >= 4 is 16.8 Å². The fourth-order valence-electron chi connectivity index (χ4n) is 2.89. The molecule has 1 amide bonds. The zero-order chi connectivity index (χ0) is 16.2. The molecule has 0 fully saturated rings. The van der Waals surface area contributed by atoms with E-state index in [2.05, 4.69) is 22.9 Å². The van der Waals surface area contributed by atoms with Crippen LogP contribution >= 0.6 is 0 Å². The van der Waals surface area contributed by atoms with E-state index in [0.717, 1.165) is 23.9 Å². The van der Waals surface area contributed by atoms with E-state index < -0.39 is 0 Å². The van der Waals surface area contributed by atoms with Gasteiger partial charge in [-0.2, -0.15) is 0 Å². The van der Waals surface area contributed by atoms with Gasteiger partial charge in [0.1, 0.15) is 5.82 Å². The fraction of sp³-hybridized carbons (Fsp3) is 0.211. The van der Waals surface area contributed by atoms with Crippen LogP contribution in [0, 0.1) is 5.82 Å². The van der Waals surface area contributed by atoms with Crippen LogP contribution in [-0.2, 0) is 17.8 Å². The molecule has 2 aromatic carbocycles. The van der Waals surface area contributed by atoms with Crippen LogP contribution in [0.15, 0.2) is 54.7 Å². The van der Waals surface area contributed by atoms with E-state index in [-0.39, 0.29) is 11.7 Å². The number of nitrogens with two attached hydrogens (primary N) is 1. The molecule has 4 heteroatoms. The van der Waals surface area contributed by atoms with Gasteiger partial charge in [-0.3, -0.25) is 4.79 Å². The van der Waals surface area contributed by atoms with Gasteiger partial charge >= 0.3 is 0 Å². The number of fused-ring (bicyclic) bond motifs is 1. The van der Waals surface area contributed by atoms with E-state index in [1.165, 1.54) is 23.1 Å². The summed E-state index contributed by atoms with van der Waals surface area (Å²) in [6.07, 6.45) is 4.09. The number of halogens is 1. The quantitative estimate of drug-likeness (QED) is 0.742. The van der Waals surface area contributed by atoms with Crippen molar-refractivity contribution in [3.05, 3.63) is 71.7 Å². The molecule has 118 valence electrons. The van der Waals surface area contributed by atoms with Crippen LogP contribution in [0.4, 0.5) is 4.39 Å². The number of aryl methyl sites for hydroxylation is 1. The third-order valence-electron chi connectivity index (χ3n) is 4.01. The van der Waals surface area contributed by atoms with E-state index >= 15 is 0 Å². The number of nitrogens with zero attached hydrogens (tertiary/aromatic N) is 1. The second-order valence-electron chi connectivity index (χ2n) is 5.75. The van der Waals surface area contributed by atoms with E-state index in [1.807, 2.05) is 12.1 Å². The van der Waals surface area contributed by atoms with Gasteiger partial charge in [-0.15, -0.1) is 0 Å².